The molecular formula is C25H25FN2O2. The summed E-state index contributed by atoms with van der Waals surface area (Å²) in [5.41, 5.74) is 3.99. The minimum Gasteiger partial charge on any atom is -0.325 e. The van der Waals surface area contributed by atoms with E-state index in [1.165, 1.54) is 24.6 Å². The number of carbonyl (C=O) groups is 2. The zero-order valence-corrected chi connectivity index (χ0v) is 17.1. The Kier molecular flexibility index (Phi) is 7.09. The van der Waals surface area contributed by atoms with Crippen molar-refractivity contribution in [2.24, 2.45) is 0 Å². The van der Waals surface area contributed by atoms with E-state index >= 15 is 0 Å². The first-order valence-electron chi connectivity index (χ1n) is 9.95. The van der Waals surface area contributed by atoms with Crippen molar-refractivity contribution in [3.05, 3.63) is 101 Å². The fourth-order valence-electron chi connectivity index (χ4n) is 3.28. The molecule has 0 aliphatic heterocycles. The lowest BCUT2D eigenvalue weighted by Gasteiger charge is -2.20. The third kappa shape index (κ3) is 5.61. The first-order chi connectivity index (χ1) is 14.5. The van der Waals surface area contributed by atoms with Gasteiger partial charge in [-0.1, -0.05) is 55.5 Å². The molecule has 0 aliphatic rings. The summed E-state index contributed by atoms with van der Waals surface area (Å²) in [6.45, 7) is 3.60. The number of hydrogen-bond donors (Lipinski definition) is 2. The van der Waals surface area contributed by atoms with E-state index < -0.39 is 0 Å². The second-order valence-corrected chi connectivity index (χ2v) is 7.15. The van der Waals surface area contributed by atoms with Crippen LogP contribution in [0.1, 0.15) is 46.9 Å². The van der Waals surface area contributed by atoms with Crippen LogP contribution < -0.4 is 10.6 Å². The summed E-state index contributed by atoms with van der Waals surface area (Å²) in [6.07, 6.45) is 0.931. The van der Waals surface area contributed by atoms with Crippen LogP contribution in [0.5, 0.6) is 0 Å². The Balaban J connectivity index is 1.75. The third-order valence-corrected chi connectivity index (χ3v) is 4.92. The van der Waals surface area contributed by atoms with E-state index in [-0.39, 0.29) is 30.1 Å². The van der Waals surface area contributed by atoms with Gasteiger partial charge in [-0.25, -0.2) is 4.39 Å². The van der Waals surface area contributed by atoms with Crippen LogP contribution in [0.15, 0.2) is 72.8 Å². The Morgan fingerprint density at radius 1 is 0.933 bits per heavy atom. The molecule has 1 atom stereocenters. The molecule has 2 N–H and O–H groups in total. The number of aryl methyl sites for hydroxylation is 1. The lowest BCUT2D eigenvalue weighted by atomic mass is 9.97. The van der Waals surface area contributed by atoms with Gasteiger partial charge in [0, 0.05) is 11.3 Å². The molecule has 0 saturated heterocycles. The molecule has 4 nitrogen and oxygen atoms in total. The lowest BCUT2D eigenvalue weighted by molar-refractivity contribution is -0.115. The number of anilines is 1. The van der Waals surface area contributed by atoms with Gasteiger partial charge in [-0.15, -0.1) is 0 Å². The summed E-state index contributed by atoms with van der Waals surface area (Å²) in [5.74, 6) is -0.636. The minimum absolute atomic E-state index is 0.0288. The van der Waals surface area contributed by atoms with E-state index in [1.807, 2.05) is 30.3 Å². The lowest BCUT2D eigenvalue weighted by Crippen LogP contribution is -2.32. The summed E-state index contributed by atoms with van der Waals surface area (Å²) in [6, 6.07) is 20.9. The van der Waals surface area contributed by atoms with Gasteiger partial charge in [0.05, 0.1) is 12.6 Å². The standard InChI is InChI=1S/C25H25FN2O2/c1-3-18-10-12-19(13-11-18)25(21-7-4-8-22(26)14-21)27-16-24(30)28-23-9-5-6-20(15-23)17(2)29/h4-15,25,27H,3,16H2,1-2H3,(H,28,30)/t25-/m0/s1. The quantitative estimate of drug-likeness (QED) is 0.525. The average molecular weight is 404 g/mol. The predicted molar refractivity (Wildman–Crippen MR) is 117 cm³/mol. The van der Waals surface area contributed by atoms with Crippen LogP contribution in [-0.2, 0) is 11.2 Å². The van der Waals surface area contributed by atoms with Crippen LogP contribution in [0.4, 0.5) is 10.1 Å². The molecule has 0 fully saturated rings. The molecule has 0 unspecified atom stereocenters. The third-order valence-electron chi connectivity index (χ3n) is 4.92. The van der Waals surface area contributed by atoms with Crippen molar-refractivity contribution >= 4 is 17.4 Å². The van der Waals surface area contributed by atoms with E-state index in [0.29, 0.717) is 11.3 Å². The van der Waals surface area contributed by atoms with Gasteiger partial charge in [0.1, 0.15) is 5.82 Å². The van der Waals surface area contributed by atoms with E-state index in [2.05, 4.69) is 17.6 Å². The van der Waals surface area contributed by atoms with E-state index in [0.717, 1.165) is 17.5 Å². The molecule has 30 heavy (non-hydrogen) atoms. The Labute approximate surface area is 176 Å². The van der Waals surface area contributed by atoms with Crippen molar-refractivity contribution in [3.63, 3.8) is 0 Å². The second-order valence-electron chi connectivity index (χ2n) is 7.15. The van der Waals surface area contributed by atoms with Crippen LogP contribution in [0.2, 0.25) is 0 Å². The minimum atomic E-state index is -0.332. The fraction of sp³-hybridized carbons (Fsp3) is 0.200. The molecule has 3 aromatic carbocycles. The van der Waals surface area contributed by atoms with Crippen LogP contribution in [0.3, 0.4) is 0 Å². The van der Waals surface area contributed by atoms with Crippen LogP contribution in [-0.4, -0.2) is 18.2 Å². The van der Waals surface area contributed by atoms with E-state index in [4.69, 9.17) is 0 Å². The molecule has 0 bridgehead atoms. The zero-order chi connectivity index (χ0) is 21.5. The maximum Gasteiger partial charge on any atom is 0.238 e. The number of benzene rings is 3. The first kappa shape index (κ1) is 21.4. The monoisotopic (exact) mass is 404 g/mol. The van der Waals surface area contributed by atoms with Gasteiger partial charge in [0.2, 0.25) is 5.91 Å². The van der Waals surface area contributed by atoms with Gasteiger partial charge in [-0.2, -0.15) is 0 Å². The zero-order valence-electron chi connectivity index (χ0n) is 17.1. The molecule has 0 aromatic heterocycles. The highest BCUT2D eigenvalue weighted by Crippen LogP contribution is 2.23. The molecule has 3 aromatic rings. The number of Topliss-reactive ketones (excluding diaryl/α,β-unsaturated/α-hetero) is 1. The van der Waals surface area contributed by atoms with Gasteiger partial charge in [0.15, 0.2) is 5.78 Å². The molecule has 0 heterocycles. The molecular weight excluding hydrogens is 379 g/mol. The van der Waals surface area contributed by atoms with Crippen molar-refractivity contribution in [2.75, 3.05) is 11.9 Å². The number of nitrogens with one attached hydrogen (secondary N) is 2. The Hall–Kier alpha value is -3.31. The topological polar surface area (TPSA) is 58.2 Å². The van der Waals surface area contributed by atoms with Gasteiger partial charge in [-0.05, 0) is 54.3 Å². The first-order valence-corrected chi connectivity index (χ1v) is 9.95. The van der Waals surface area contributed by atoms with Gasteiger partial charge < -0.3 is 5.32 Å². The molecule has 5 heteroatoms. The number of hydrogen-bond acceptors (Lipinski definition) is 3. The number of amides is 1. The van der Waals surface area contributed by atoms with Crippen molar-refractivity contribution < 1.29 is 14.0 Å². The highest BCUT2D eigenvalue weighted by molar-refractivity contribution is 5.97. The number of halogens is 1. The summed E-state index contributed by atoms with van der Waals surface area (Å²) in [4.78, 5) is 24.0. The number of carbonyl (C=O) groups excluding carboxylic acids is 2. The Bertz CT molecular complexity index is 1030. The number of ketones is 1. The summed E-state index contributed by atoms with van der Waals surface area (Å²) < 4.78 is 13.8. The maximum atomic E-state index is 13.8. The van der Waals surface area contributed by atoms with Crippen LogP contribution in [0, 0.1) is 5.82 Å². The average Bonchev–Trinajstić information content (AvgIpc) is 2.74. The fourth-order valence-corrected chi connectivity index (χ4v) is 3.28. The van der Waals surface area contributed by atoms with Crippen molar-refractivity contribution in [3.8, 4) is 0 Å². The molecule has 1 amide bonds. The maximum absolute atomic E-state index is 13.8. The smallest absolute Gasteiger partial charge is 0.238 e. The molecule has 0 saturated carbocycles. The van der Waals surface area contributed by atoms with Crippen LogP contribution >= 0.6 is 0 Å². The van der Waals surface area contributed by atoms with Gasteiger partial charge in [-0.3, -0.25) is 14.9 Å². The molecule has 0 radical (unpaired) electrons. The van der Waals surface area contributed by atoms with Crippen LogP contribution in [0.25, 0.3) is 0 Å². The Morgan fingerprint density at radius 3 is 2.33 bits per heavy atom. The predicted octanol–water partition coefficient (Wildman–Crippen LogP) is 4.91. The highest BCUT2D eigenvalue weighted by Gasteiger charge is 2.16. The highest BCUT2D eigenvalue weighted by atomic mass is 19.1. The summed E-state index contributed by atoms with van der Waals surface area (Å²) in [7, 11) is 0. The molecule has 154 valence electrons. The summed E-state index contributed by atoms with van der Waals surface area (Å²) >= 11 is 0. The Morgan fingerprint density at radius 2 is 1.67 bits per heavy atom. The van der Waals surface area contributed by atoms with Crippen molar-refractivity contribution in [1.82, 2.24) is 5.32 Å². The van der Waals surface area contributed by atoms with Gasteiger partial charge >= 0.3 is 0 Å². The van der Waals surface area contributed by atoms with Crippen molar-refractivity contribution in [2.45, 2.75) is 26.3 Å². The SMILES string of the molecule is CCc1ccc([C@H](NCC(=O)Nc2cccc(C(C)=O)c2)c2cccc(F)c2)cc1. The van der Waals surface area contributed by atoms with E-state index in [1.54, 1.807) is 30.3 Å². The van der Waals surface area contributed by atoms with Crippen molar-refractivity contribution in [1.29, 1.82) is 0 Å². The largest absolute Gasteiger partial charge is 0.325 e. The molecule has 3 rings (SSSR count). The molecule has 0 aliphatic carbocycles. The normalized spacial score (nSPS) is 11.7. The van der Waals surface area contributed by atoms with E-state index in [9.17, 15) is 14.0 Å². The molecule has 0 spiro atoms. The second kappa shape index (κ2) is 9.94. The summed E-state index contributed by atoms with van der Waals surface area (Å²) in [5, 5.41) is 6.03. The number of rotatable bonds is 8. The van der Waals surface area contributed by atoms with Gasteiger partial charge in [0.25, 0.3) is 0 Å².